The number of hydrogen-bond donors (Lipinski definition) is 2. The molecule has 6 nitrogen and oxygen atoms in total. The Labute approximate surface area is 156 Å². The molecule has 0 fully saturated rings. The van der Waals surface area contributed by atoms with E-state index in [0.717, 1.165) is 5.56 Å². The van der Waals surface area contributed by atoms with Crippen molar-refractivity contribution in [2.45, 2.75) is 20.0 Å². The average Bonchev–Trinajstić information content (AvgIpc) is 3.14. The average molecular weight is 366 g/mol. The van der Waals surface area contributed by atoms with E-state index < -0.39 is 0 Å². The van der Waals surface area contributed by atoms with Crippen LogP contribution in [0.2, 0.25) is 0 Å². The zero-order chi connectivity index (χ0) is 19.2. The van der Waals surface area contributed by atoms with Gasteiger partial charge in [-0.15, -0.1) is 0 Å². The molecule has 3 rings (SSSR count). The van der Waals surface area contributed by atoms with E-state index in [9.17, 15) is 14.0 Å². The molecule has 0 atom stereocenters. The SMILES string of the molecule is CC(=O)NCc1cn(-c2ccccc2C(=O)NCc2ccc(F)cc2)cn1. The van der Waals surface area contributed by atoms with Gasteiger partial charge < -0.3 is 15.2 Å². The second-order valence-corrected chi connectivity index (χ2v) is 6.01. The zero-order valence-electron chi connectivity index (χ0n) is 14.8. The van der Waals surface area contributed by atoms with E-state index in [1.54, 1.807) is 41.4 Å². The van der Waals surface area contributed by atoms with Crippen molar-refractivity contribution in [1.29, 1.82) is 0 Å². The van der Waals surface area contributed by atoms with Crippen molar-refractivity contribution in [3.8, 4) is 5.69 Å². The van der Waals surface area contributed by atoms with Crippen LogP contribution >= 0.6 is 0 Å². The van der Waals surface area contributed by atoms with Crippen molar-refractivity contribution < 1.29 is 14.0 Å². The molecule has 27 heavy (non-hydrogen) atoms. The van der Waals surface area contributed by atoms with Crippen LogP contribution in [0.25, 0.3) is 5.69 Å². The lowest BCUT2D eigenvalue weighted by molar-refractivity contribution is -0.119. The molecule has 3 aromatic rings. The van der Waals surface area contributed by atoms with Crippen molar-refractivity contribution in [1.82, 2.24) is 20.2 Å². The Balaban J connectivity index is 1.74. The van der Waals surface area contributed by atoms with E-state index in [4.69, 9.17) is 0 Å². The van der Waals surface area contributed by atoms with Gasteiger partial charge in [0.25, 0.3) is 5.91 Å². The van der Waals surface area contributed by atoms with Crippen LogP contribution in [0.3, 0.4) is 0 Å². The third kappa shape index (κ3) is 4.78. The van der Waals surface area contributed by atoms with Gasteiger partial charge in [-0.25, -0.2) is 9.37 Å². The summed E-state index contributed by atoms with van der Waals surface area (Å²) in [6.45, 7) is 2.06. The van der Waals surface area contributed by atoms with Gasteiger partial charge in [0.2, 0.25) is 5.91 Å². The van der Waals surface area contributed by atoms with E-state index >= 15 is 0 Å². The summed E-state index contributed by atoms with van der Waals surface area (Å²) in [5.74, 6) is -0.692. The number of halogens is 1. The minimum absolute atomic E-state index is 0.134. The first-order chi connectivity index (χ1) is 13.0. The molecule has 2 amide bonds. The lowest BCUT2D eigenvalue weighted by Crippen LogP contribution is -2.24. The van der Waals surface area contributed by atoms with Gasteiger partial charge in [-0.2, -0.15) is 0 Å². The summed E-state index contributed by atoms with van der Waals surface area (Å²) >= 11 is 0. The van der Waals surface area contributed by atoms with Crippen LogP contribution in [0.15, 0.2) is 61.1 Å². The van der Waals surface area contributed by atoms with E-state index in [1.807, 2.05) is 12.1 Å². The lowest BCUT2D eigenvalue weighted by atomic mass is 10.1. The van der Waals surface area contributed by atoms with E-state index in [1.165, 1.54) is 19.1 Å². The van der Waals surface area contributed by atoms with Gasteiger partial charge in [0, 0.05) is 19.7 Å². The third-order valence-electron chi connectivity index (χ3n) is 3.95. The number of para-hydroxylation sites is 1. The normalized spacial score (nSPS) is 10.4. The van der Waals surface area contributed by atoms with Crippen molar-refractivity contribution in [2.75, 3.05) is 0 Å². The fourth-order valence-electron chi connectivity index (χ4n) is 2.57. The topological polar surface area (TPSA) is 76.0 Å². The Hall–Kier alpha value is -3.48. The number of aromatic nitrogens is 2. The summed E-state index contributed by atoms with van der Waals surface area (Å²) in [6.07, 6.45) is 3.37. The minimum atomic E-state index is -0.314. The molecule has 0 saturated heterocycles. The molecule has 0 bridgehead atoms. The quantitative estimate of drug-likeness (QED) is 0.704. The molecule has 138 valence electrons. The van der Waals surface area contributed by atoms with Crippen LogP contribution < -0.4 is 10.6 Å². The van der Waals surface area contributed by atoms with Gasteiger partial charge in [0.1, 0.15) is 5.82 Å². The Bertz CT molecular complexity index is 951. The third-order valence-corrected chi connectivity index (χ3v) is 3.95. The molecule has 1 heterocycles. The number of carbonyl (C=O) groups excluding carboxylic acids is 2. The maximum atomic E-state index is 13.0. The standard InChI is InChI=1S/C20H19FN4O2/c1-14(26)22-11-17-12-25(13-24-17)19-5-3-2-4-18(19)20(27)23-10-15-6-8-16(21)9-7-15/h2-9,12-13H,10-11H2,1H3,(H,22,26)(H,23,27). The number of nitrogens with zero attached hydrogens (tertiary/aromatic N) is 2. The highest BCUT2D eigenvalue weighted by Gasteiger charge is 2.13. The first kappa shape index (κ1) is 18.3. The Morgan fingerprint density at radius 1 is 1.04 bits per heavy atom. The highest BCUT2D eigenvalue weighted by atomic mass is 19.1. The number of carbonyl (C=O) groups is 2. The first-order valence-electron chi connectivity index (χ1n) is 8.42. The second kappa shape index (κ2) is 8.27. The molecule has 2 aromatic carbocycles. The lowest BCUT2D eigenvalue weighted by Gasteiger charge is -2.11. The molecular formula is C20H19FN4O2. The van der Waals surface area contributed by atoms with Crippen LogP contribution in [-0.4, -0.2) is 21.4 Å². The smallest absolute Gasteiger partial charge is 0.253 e. The maximum absolute atomic E-state index is 13.0. The van der Waals surface area contributed by atoms with Gasteiger partial charge in [-0.1, -0.05) is 24.3 Å². The largest absolute Gasteiger partial charge is 0.351 e. The summed E-state index contributed by atoms with van der Waals surface area (Å²) in [7, 11) is 0. The first-order valence-corrected chi connectivity index (χ1v) is 8.42. The number of hydrogen-bond acceptors (Lipinski definition) is 3. The van der Waals surface area contributed by atoms with Crippen LogP contribution in [-0.2, 0) is 17.9 Å². The van der Waals surface area contributed by atoms with Gasteiger partial charge in [-0.3, -0.25) is 9.59 Å². The summed E-state index contributed by atoms with van der Waals surface area (Å²) in [4.78, 5) is 27.9. The molecular weight excluding hydrogens is 347 g/mol. The summed E-state index contributed by atoms with van der Waals surface area (Å²) in [5, 5.41) is 5.53. The molecule has 0 radical (unpaired) electrons. The van der Waals surface area contributed by atoms with Crippen molar-refractivity contribution in [3.63, 3.8) is 0 Å². The predicted octanol–water partition coefficient (Wildman–Crippen LogP) is 2.58. The number of benzene rings is 2. The summed E-state index contributed by atoms with van der Waals surface area (Å²) < 4.78 is 14.7. The maximum Gasteiger partial charge on any atom is 0.253 e. The van der Waals surface area contributed by atoms with Crippen molar-refractivity contribution >= 4 is 11.8 Å². The summed E-state index contributed by atoms with van der Waals surface area (Å²) in [5.41, 5.74) is 2.66. The van der Waals surface area contributed by atoms with E-state index in [2.05, 4.69) is 15.6 Å². The fraction of sp³-hybridized carbons (Fsp3) is 0.150. The molecule has 0 unspecified atom stereocenters. The number of imidazole rings is 1. The molecule has 1 aromatic heterocycles. The van der Waals surface area contributed by atoms with Crippen molar-refractivity contribution in [3.05, 3.63) is 83.7 Å². The molecule has 0 aliphatic carbocycles. The monoisotopic (exact) mass is 366 g/mol. The Morgan fingerprint density at radius 2 is 1.78 bits per heavy atom. The van der Waals surface area contributed by atoms with Gasteiger partial charge in [-0.05, 0) is 29.8 Å². The van der Waals surface area contributed by atoms with Crippen LogP contribution in [0.1, 0.15) is 28.5 Å². The molecule has 0 aliphatic rings. The second-order valence-electron chi connectivity index (χ2n) is 6.01. The number of nitrogens with one attached hydrogen (secondary N) is 2. The van der Waals surface area contributed by atoms with Crippen LogP contribution in [0.5, 0.6) is 0 Å². The Morgan fingerprint density at radius 3 is 2.52 bits per heavy atom. The fourth-order valence-corrected chi connectivity index (χ4v) is 2.57. The van der Waals surface area contributed by atoms with Crippen molar-refractivity contribution in [2.24, 2.45) is 0 Å². The molecule has 7 heteroatoms. The minimum Gasteiger partial charge on any atom is -0.351 e. The molecule has 2 N–H and O–H groups in total. The number of rotatable bonds is 6. The molecule has 0 spiro atoms. The highest BCUT2D eigenvalue weighted by Crippen LogP contribution is 2.15. The highest BCUT2D eigenvalue weighted by molar-refractivity contribution is 5.97. The van der Waals surface area contributed by atoms with E-state index in [0.29, 0.717) is 30.0 Å². The van der Waals surface area contributed by atoms with Crippen LogP contribution in [0.4, 0.5) is 4.39 Å². The van der Waals surface area contributed by atoms with E-state index in [-0.39, 0.29) is 17.6 Å². The Kier molecular flexibility index (Phi) is 5.61. The summed E-state index contributed by atoms with van der Waals surface area (Å²) in [6, 6.07) is 13.1. The number of amides is 2. The molecule has 0 saturated carbocycles. The van der Waals surface area contributed by atoms with Gasteiger partial charge in [0.15, 0.2) is 0 Å². The molecule has 0 aliphatic heterocycles. The zero-order valence-corrected chi connectivity index (χ0v) is 14.8. The van der Waals surface area contributed by atoms with Gasteiger partial charge >= 0.3 is 0 Å². The predicted molar refractivity (Wildman–Crippen MR) is 98.7 cm³/mol. The van der Waals surface area contributed by atoms with Crippen LogP contribution in [0, 0.1) is 5.82 Å². The van der Waals surface area contributed by atoms with Gasteiger partial charge in [0.05, 0.1) is 29.8 Å².